The topological polar surface area (TPSA) is 89.5 Å². The Labute approximate surface area is 201 Å². The zero-order valence-electron chi connectivity index (χ0n) is 19.0. The molecule has 0 aromatic heterocycles. The predicted octanol–water partition coefficient (Wildman–Crippen LogP) is 4.46. The molecule has 0 amide bonds. The second-order valence-electron chi connectivity index (χ2n) is 9.60. The molecule has 10 heteroatoms. The van der Waals surface area contributed by atoms with Gasteiger partial charge in [0.05, 0.1) is 13.2 Å². The van der Waals surface area contributed by atoms with Gasteiger partial charge in [-0.3, -0.25) is 0 Å². The summed E-state index contributed by atoms with van der Waals surface area (Å²) in [6, 6.07) is 0. The molecule has 0 N–H and O–H groups in total. The van der Waals surface area contributed by atoms with Crippen molar-refractivity contribution in [1.82, 2.24) is 0 Å². The highest BCUT2D eigenvalue weighted by Crippen LogP contribution is 2.65. The van der Waals surface area contributed by atoms with Gasteiger partial charge in [-0.05, 0) is 75.0 Å². The first-order valence-corrected chi connectivity index (χ1v) is 12.7. The first-order valence-electron chi connectivity index (χ1n) is 11.4. The molecule has 4 bridgehead atoms. The summed E-state index contributed by atoms with van der Waals surface area (Å²) in [7, 11) is 0. The molecule has 4 aliphatic rings. The second-order valence-corrected chi connectivity index (χ2v) is 10.5. The van der Waals surface area contributed by atoms with Crippen molar-refractivity contribution in [1.29, 1.82) is 0 Å². The summed E-state index contributed by atoms with van der Waals surface area (Å²) in [4.78, 5) is 23.3. The van der Waals surface area contributed by atoms with Crippen LogP contribution in [0.25, 0.3) is 0 Å². The minimum atomic E-state index is -0.733. The lowest BCUT2D eigenvalue weighted by Gasteiger charge is -2.62. The fourth-order valence-electron chi connectivity index (χ4n) is 6.24. The fourth-order valence-corrected chi connectivity index (χ4v) is 6.42. The molecule has 0 aromatic rings. The summed E-state index contributed by atoms with van der Waals surface area (Å²) < 4.78 is 32.1. The van der Waals surface area contributed by atoms with Gasteiger partial charge in [-0.1, -0.05) is 0 Å². The lowest BCUT2D eigenvalue weighted by molar-refractivity contribution is -0.207. The molecule has 32 heavy (non-hydrogen) atoms. The number of thiol groups is 2. The van der Waals surface area contributed by atoms with Crippen LogP contribution >= 0.6 is 25.3 Å². The monoisotopic (exact) mass is 492 g/mol. The van der Waals surface area contributed by atoms with Crippen molar-refractivity contribution in [2.24, 2.45) is 22.7 Å². The van der Waals surface area contributed by atoms with Crippen molar-refractivity contribution in [2.45, 2.75) is 65.0 Å². The lowest BCUT2D eigenvalue weighted by Crippen LogP contribution is -2.55. The number of ether oxygens (including phenoxy) is 6. The average molecular weight is 493 g/mol. The highest BCUT2D eigenvalue weighted by molar-refractivity contribution is 7.80. The Bertz CT molecular complexity index is 581. The van der Waals surface area contributed by atoms with Crippen LogP contribution < -0.4 is 0 Å². The van der Waals surface area contributed by atoms with E-state index in [0.717, 1.165) is 32.1 Å². The van der Waals surface area contributed by atoms with Gasteiger partial charge in [0.25, 0.3) is 0 Å². The molecule has 0 saturated heterocycles. The maximum absolute atomic E-state index is 11.6. The van der Waals surface area contributed by atoms with E-state index in [9.17, 15) is 9.59 Å². The number of rotatable bonds is 12. The van der Waals surface area contributed by atoms with Gasteiger partial charge in [-0.15, -0.1) is 0 Å². The fraction of sp³-hybridized carbons (Fsp3) is 0.909. The zero-order chi connectivity index (χ0) is 23.2. The Morgan fingerprint density at radius 3 is 1.59 bits per heavy atom. The van der Waals surface area contributed by atoms with Crippen molar-refractivity contribution < 1.29 is 38.0 Å². The smallest absolute Gasteiger partial charge is 0.433 e. The van der Waals surface area contributed by atoms with Crippen molar-refractivity contribution in [3.8, 4) is 0 Å². The SMILES string of the molecule is CC(OCC12CC3CC(C1)CC(COC(C)OC(=O)OCCS)(C3)C2)OC(=O)OCCS. The maximum Gasteiger partial charge on any atom is 0.510 e. The van der Waals surface area contributed by atoms with Gasteiger partial charge in [-0.25, -0.2) is 9.59 Å². The molecule has 0 spiro atoms. The Hall–Kier alpha value is -0.840. The molecular weight excluding hydrogens is 456 g/mol. The van der Waals surface area contributed by atoms with Crippen LogP contribution in [0.2, 0.25) is 0 Å². The molecule has 4 fully saturated rings. The summed E-state index contributed by atoms with van der Waals surface area (Å²) in [5.41, 5.74) is 0.130. The average Bonchev–Trinajstić information content (AvgIpc) is 2.73. The van der Waals surface area contributed by atoms with Crippen LogP contribution in [0.1, 0.15) is 52.4 Å². The zero-order valence-corrected chi connectivity index (χ0v) is 20.7. The van der Waals surface area contributed by atoms with Gasteiger partial charge >= 0.3 is 12.3 Å². The predicted molar refractivity (Wildman–Crippen MR) is 123 cm³/mol. The molecule has 0 aromatic carbocycles. The Morgan fingerprint density at radius 1 is 0.812 bits per heavy atom. The largest absolute Gasteiger partial charge is 0.510 e. The highest BCUT2D eigenvalue weighted by Gasteiger charge is 2.58. The van der Waals surface area contributed by atoms with Crippen LogP contribution in [0.5, 0.6) is 0 Å². The minimum Gasteiger partial charge on any atom is -0.433 e. The van der Waals surface area contributed by atoms with E-state index in [-0.39, 0.29) is 24.0 Å². The molecule has 2 unspecified atom stereocenters. The maximum atomic E-state index is 11.6. The summed E-state index contributed by atoms with van der Waals surface area (Å²) in [5, 5.41) is 0. The highest BCUT2D eigenvalue weighted by atomic mass is 32.1. The summed E-state index contributed by atoms with van der Waals surface area (Å²) in [5.74, 6) is 2.19. The van der Waals surface area contributed by atoms with Crippen LogP contribution in [-0.2, 0) is 28.4 Å². The van der Waals surface area contributed by atoms with E-state index < -0.39 is 24.9 Å². The van der Waals surface area contributed by atoms with E-state index in [2.05, 4.69) is 25.3 Å². The van der Waals surface area contributed by atoms with Crippen molar-refractivity contribution >= 4 is 37.6 Å². The quantitative estimate of drug-likeness (QED) is 0.234. The number of hydrogen-bond acceptors (Lipinski definition) is 10. The number of carbonyl (C=O) groups is 2. The molecular formula is C22H36O8S2. The number of carbonyl (C=O) groups excluding carboxylic acids is 2. The van der Waals surface area contributed by atoms with E-state index >= 15 is 0 Å². The molecule has 8 nitrogen and oxygen atoms in total. The normalized spacial score (nSPS) is 32.2. The van der Waals surface area contributed by atoms with Gasteiger partial charge in [0.1, 0.15) is 13.2 Å². The Morgan fingerprint density at radius 2 is 1.22 bits per heavy atom. The van der Waals surface area contributed by atoms with Gasteiger partial charge < -0.3 is 28.4 Å². The summed E-state index contributed by atoms with van der Waals surface area (Å²) >= 11 is 8.01. The van der Waals surface area contributed by atoms with Crippen LogP contribution in [0.3, 0.4) is 0 Å². The summed E-state index contributed by atoms with van der Waals surface area (Å²) in [6.45, 7) is 4.94. The second kappa shape index (κ2) is 11.5. The first kappa shape index (κ1) is 25.8. The molecule has 0 radical (unpaired) electrons. The van der Waals surface area contributed by atoms with Crippen LogP contribution in [-0.4, -0.2) is 62.8 Å². The number of hydrogen-bond donors (Lipinski definition) is 2. The molecule has 4 saturated carbocycles. The van der Waals surface area contributed by atoms with E-state index in [1.165, 1.54) is 6.42 Å². The van der Waals surface area contributed by atoms with E-state index in [0.29, 0.717) is 36.6 Å². The molecule has 184 valence electrons. The van der Waals surface area contributed by atoms with E-state index in [4.69, 9.17) is 28.4 Å². The van der Waals surface area contributed by atoms with Crippen molar-refractivity contribution in [3.05, 3.63) is 0 Å². The van der Waals surface area contributed by atoms with Crippen molar-refractivity contribution in [2.75, 3.05) is 37.9 Å². The van der Waals surface area contributed by atoms with Crippen LogP contribution in [0.4, 0.5) is 9.59 Å². The van der Waals surface area contributed by atoms with Crippen molar-refractivity contribution in [3.63, 3.8) is 0 Å². The standard InChI is InChI=1S/C22H36O8S2/c1-15(29-19(23)25-3-5-31)27-13-21-8-17-7-18(9-21)11-22(10-17,12-21)14-28-16(2)30-20(24)26-4-6-32/h15-18,31-32H,3-14H2,1-2H3. The Balaban J connectivity index is 1.50. The van der Waals surface area contributed by atoms with Gasteiger partial charge in [0, 0.05) is 11.5 Å². The van der Waals surface area contributed by atoms with E-state index in [1.54, 1.807) is 13.8 Å². The third-order valence-corrected chi connectivity index (χ3v) is 7.06. The van der Waals surface area contributed by atoms with Crippen LogP contribution in [0.15, 0.2) is 0 Å². The van der Waals surface area contributed by atoms with Gasteiger partial charge in [0.15, 0.2) is 0 Å². The van der Waals surface area contributed by atoms with Crippen LogP contribution in [0, 0.1) is 22.7 Å². The third-order valence-electron chi connectivity index (χ3n) is 6.70. The molecule has 4 rings (SSSR count). The minimum absolute atomic E-state index is 0.0651. The lowest BCUT2D eigenvalue weighted by atomic mass is 9.44. The molecule has 2 atom stereocenters. The molecule has 0 aliphatic heterocycles. The molecule has 4 aliphatic carbocycles. The first-order chi connectivity index (χ1) is 15.3. The summed E-state index contributed by atoms with van der Waals surface area (Å²) in [6.07, 6.45) is 3.98. The van der Waals surface area contributed by atoms with Gasteiger partial charge in [-0.2, -0.15) is 25.3 Å². The molecule has 0 heterocycles. The third kappa shape index (κ3) is 7.08. The Kier molecular flexibility index (Phi) is 9.29. The van der Waals surface area contributed by atoms with E-state index in [1.807, 2.05) is 0 Å². The van der Waals surface area contributed by atoms with Gasteiger partial charge in [0.2, 0.25) is 12.6 Å².